The van der Waals surface area contributed by atoms with Gasteiger partial charge in [-0.2, -0.15) is 4.31 Å². The molecule has 8 heteroatoms. The first-order chi connectivity index (χ1) is 15.1. The van der Waals surface area contributed by atoms with Crippen LogP contribution in [0.4, 0.5) is 0 Å². The van der Waals surface area contributed by atoms with Gasteiger partial charge in [-0.25, -0.2) is 8.42 Å². The molecule has 0 spiro atoms. The Morgan fingerprint density at radius 3 is 2.34 bits per heavy atom. The summed E-state index contributed by atoms with van der Waals surface area (Å²) in [4.78, 5) is 13.0. The average Bonchev–Trinajstić information content (AvgIpc) is 2.74. The van der Waals surface area contributed by atoms with Gasteiger partial charge in [0, 0.05) is 16.0 Å². The molecule has 3 aromatic carbocycles. The molecule has 168 valence electrons. The van der Waals surface area contributed by atoms with Crippen LogP contribution in [-0.4, -0.2) is 25.2 Å². The minimum atomic E-state index is -3.91. The number of nitrogens with zero attached hydrogens (tertiary/aromatic N) is 1. The van der Waals surface area contributed by atoms with E-state index in [-0.39, 0.29) is 24.0 Å². The number of aryl methyl sites for hydroxylation is 1. The second-order valence-corrected chi connectivity index (χ2v) is 10.8. The molecule has 0 saturated heterocycles. The maximum Gasteiger partial charge on any atom is 0.243 e. The van der Waals surface area contributed by atoms with Crippen LogP contribution in [0.5, 0.6) is 0 Å². The molecule has 32 heavy (non-hydrogen) atoms. The van der Waals surface area contributed by atoms with Gasteiger partial charge in [0.05, 0.1) is 17.5 Å². The molecule has 0 heterocycles. The highest BCUT2D eigenvalue weighted by atomic mass is 79.9. The van der Waals surface area contributed by atoms with Gasteiger partial charge >= 0.3 is 0 Å². The first kappa shape index (κ1) is 24.5. The van der Waals surface area contributed by atoms with Gasteiger partial charge in [-0.1, -0.05) is 69.5 Å². The van der Waals surface area contributed by atoms with Gasteiger partial charge < -0.3 is 5.32 Å². The third-order valence-electron chi connectivity index (χ3n) is 4.97. The first-order valence-corrected chi connectivity index (χ1v) is 12.6. The maximum absolute atomic E-state index is 13.4. The number of hydrogen-bond donors (Lipinski definition) is 1. The third-order valence-corrected chi connectivity index (χ3v) is 7.54. The standard InChI is InChI=1S/C24H24BrClN2O3S/c1-17-6-12-23(13-7-17)32(30,31)28(15-19-4-3-5-22(26)14-19)16-24(29)27-18(2)20-8-10-21(25)11-9-20/h3-14,18H,15-16H2,1-2H3,(H,27,29)/t18-/m0/s1. The molecule has 0 aromatic heterocycles. The highest BCUT2D eigenvalue weighted by Crippen LogP contribution is 2.21. The number of benzene rings is 3. The van der Waals surface area contributed by atoms with Gasteiger partial charge in [0.1, 0.15) is 0 Å². The molecule has 0 fully saturated rings. The molecule has 0 saturated carbocycles. The summed E-state index contributed by atoms with van der Waals surface area (Å²) in [5, 5.41) is 3.39. The summed E-state index contributed by atoms with van der Waals surface area (Å²) in [6, 6.07) is 20.9. The summed E-state index contributed by atoms with van der Waals surface area (Å²) >= 11 is 9.47. The van der Waals surface area contributed by atoms with Gasteiger partial charge in [-0.3, -0.25) is 4.79 Å². The molecule has 3 rings (SSSR count). The fourth-order valence-electron chi connectivity index (χ4n) is 3.21. The van der Waals surface area contributed by atoms with Crippen LogP contribution in [0.2, 0.25) is 5.02 Å². The van der Waals surface area contributed by atoms with Crippen molar-refractivity contribution in [3.63, 3.8) is 0 Å². The van der Waals surface area contributed by atoms with E-state index in [4.69, 9.17) is 11.6 Å². The van der Waals surface area contributed by atoms with Crippen molar-refractivity contribution in [2.75, 3.05) is 6.54 Å². The van der Waals surface area contributed by atoms with E-state index >= 15 is 0 Å². The van der Waals surface area contributed by atoms with Crippen molar-refractivity contribution in [3.05, 3.63) is 99.0 Å². The van der Waals surface area contributed by atoms with Gasteiger partial charge in [0.2, 0.25) is 15.9 Å². The first-order valence-electron chi connectivity index (χ1n) is 10.0. The molecule has 0 unspecified atom stereocenters. The summed E-state index contributed by atoms with van der Waals surface area (Å²) < 4.78 is 28.9. The second kappa shape index (κ2) is 10.6. The highest BCUT2D eigenvalue weighted by Gasteiger charge is 2.27. The SMILES string of the molecule is Cc1ccc(S(=O)(=O)N(CC(=O)N[C@@H](C)c2ccc(Br)cc2)Cc2cccc(Cl)c2)cc1. The van der Waals surface area contributed by atoms with Crippen LogP contribution in [0.3, 0.4) is 0 Å². The Morgan fingerprint density at radius 1 is 1.06 bits per heavy atom. The lowest BCUT2D eigenvalue weighted by Crippen LogP contribution is -2.41. The van der Waals surface area contributed by atoms with Crippen molar-refractivity contribution in [1.82, 2.24) is 9.62 Å². The van der Waals surface area contributed by atoms with Crippen LogP contribution in [0.15, 0.2) is 82.2 Å². The number of amides is 1. The molecule has 1 N–H and O–H groups in total. The van der Waals surface area contributed by atoms with Crippen molar-refractivity contribution in [2.45, 2.75) is 31.3 Å². The number of carbonyl (C=O) groups excluding carboxylic acids is 1. The second-order valence-electron chi connectivity index (χ2n) is 7.56. The largest absolute Gasteiger partial charge is 0.348 e. The molecule has 1 atom stereocenters. The van der Waals surface area contributed by atoms with E-state index in [1.165, 1.54) is 4.31 Å². The maximum atomic E-state index is 13.4. The van der Waals surface area contributed by atoms with E-state index in [9.17, 15) is 13.2 Å². The van der Waals surface area contributed by atoms with Crippen LogP contribution in [0, 0.1) is 6.92 Å². The number of halogens is 2. The van der Waals surface area contributed by atoms with Gasteiger partial charge in [-0.05, 0) is 61.4 Å². The number of sulfonamides is 1. The van der Waals surface area contributed by atoms with Crippen molar-refractivity contribution in [3.8, 4) is 0 Å². The molecule has 5 nitrogen and oxygen atoms in total. The lowest BCUT2D eigenvalue weighted by molar-refractivity contribution is -0.122. The summed E-state index contributed by atoms with van der Waals surface area (Å²) in [7, 11) is -3.91. The van der Waals surface area contributed by atoms with Crippen molar-refractivity contribution in [2.24, 2.45) is 0 Å². The zero-order valence-electron chi connectivity index (χ0n) is 17.8. The minimum Gasteiger partial charge on any atom is -0.348 e. The van der Waals surface area contributed by atoms with Crippen LogP contribution in [-0.2, 0) is 21.4 Å². The quantitative estimate of drug-likeness (QED) is 0.415. The Labute approximate surface area is 202 Å². The fourth-order valence-corrected chi connectivity index (χ4v) is 5.07. The molecule has 0 aliphatic heterocycles. The van der Waals surface area contributed by atoms with Gasteiger partial charge in [0.25, 0.3) is 0 Å². The van der Waals surface area contributed by atoms with Gasteiger partial charge in [-0.15, -0.1) is 0 Å². The van der Waals surface area contributed by atoms with Crippen LogP contribution in [0.25, 0.3) is 0 Å². The Hall–Kier alpha value is -2.19. The monoisotopic (exact) mass is 534 g/mol. The lowest BCUT2D eigenvalue weighted by Gasteiger charge is -2.23. The van der Waals surface area contributed by atoms with E-state index in [2.05, 4.69) is 21.2 Å². The zero-order chi connectivity index (χ0) is 23.3. The number of rotatable bonds is 8. The molecule has 0 bridgehead atoms. The Kier molecular flexibility index (Phi) is 8.11. The van der Waals surface area contributed by atoms with Crippen LogP contribution in [0.1, 0.15) is 29.7 Å². The molecular weight excluding hydrogens is 512 g/mol. The Balaban J connectivity index is 1.83. The molecule has 3 aromatic rings. The Morgan fingerprint density at radius 2 is 1.72 bits per heavy atom. The normalized spacial score (nSPS) is 12.5. The Bertz CT molecular complexity index is 1180. The summed E-state index contributed by atoms with van der Waals surface area (Å²) in [6.07, 6.45) is 0. The summed E-state index contributed by atoms with van der Waals surface area (Å²) in [5.74, 6) is -0.391. The smallest absolute Gasteiger partial charge is 0.243 e. The van der Waals surface area contributed by atoms with E-state index in [0.29, 0.717) is 10.6 Å². The summed E-state index contributed by atoms with van der Waals surface area (Å²) in [5.41, 5.74) is 2.57. The predicted molar refractivity (Wildman–Crippen MR) is 131 cm³/mol. The van der Waals surface area contributed by atoms with Crippen LogP contribution >= 0.6 is 27.5 Å². The van der Waals surface area contributed by atoms with E-state index < -0.39 is 15.9 Å². The van der Waals surface area contributed by atoms with Gasteiger partial charge in [0.15, 0.2) is 0 Å². The molecule has 0 radical (unpaired) electrons. The number of carbonyl (C=O) groups is 1. The van der Waals surface area contributed by atoms with Crippen molar-refractivity contribution in [1.29, 1.82) is 0 Å². The fraction of sp³-hybridized carbons (Fsp3) is 0.208. The summed E-state index contributed by atoms with van der Waals surface area (Å²) in [6.45, 7) is 3.45. The number of nitrogens with one attached hydrogen (secondary N) is 1. The zero-order valence-corrected chi connectivity index (χ0v) is 20.9. The molecule has 1 amide bonds. The average molecular weight is 536 g/mol. The van der Waals surface area contributed by atoms with E-state index in [1.807, 2.05) is 38.1 Å². The van der Waals surface area contributed by atoms with Crippen molar-refractivity contribution >= 4 is 43.5 Å². The van der Waals surface area contributed by atoms with E-state index in [1.54, 1.807) is 48.5 Å². The minimum absolute atomic E-state index is 0.0247. The topological polar surface area (TPSA) is 66.5 Å². The predicted octanol–water partition coefficient (Wildman–Crippen LogP) is 5.48. The lowest BCUT2D eigenvalue weighted by atomic mass is 10.1. The number of hydrogen-bond acceptors (Lipinski definition) is 3. The van der Waals surface area contributed by atoms with E-state index in [0.717, 1.165) is 15.6 Å². The van der Waals surface area contributed by atoms with Crippen molar-refractivity contribution < 1.29 is 13.2 Å². The highest BCUT2D eigenvalue weighted by molar-refractivity contribution is 9.10. The molecule has 0 aliphatic carbocycles. The molecule has 0 aliphatic rings. The van der Waals surface area contributed by atoms with Crippen LogP contribution < -0.4 is 5.32 Å². The molecular formula is C24H24BrClN2O3S. The third kappa shape index (κ3) is 6.42.